The number of rotatable bonds is 6. The molecule has 6 nitrogen and oxygen atoms in total. The molecule has 1 atom stereocenters. The predicted molar refractivity (Wildman–Crippen MR) is 94.9 cm³/mol. The van der Waals surface area contributed by atoms with Crippen LogP contribution < -0.4 is 5.32 Å². The molecular formula is C16H25N3O3S2. The van der Waals surface area contributed by atoms with Gasteiger partial charge in [-0.05, 0) is 50.2 Å². The van der Waals surface area contributed by atoms with Crippen LogP contribution in [-0.4, -0.2) is 62.3 Å². The summed E-state index contributed by atoms with van der Waals surface area (Å²) in [6, 6.07) is 1.92. The van der Waals surface area contributed by atoms with Gasteiger partial charge in [0.25, 0.3) is 5.91 Å². The quantitative estimate of drug-likeness (QED) is 0.827. The van der Waals surface area contributed by atoms with Crippen LogP contribution in [-0.2, 0) is 10.0 Å². The van der Waals surface area contributed by atoms with E-state index in [0.29, 0.717) is 30.6 Å². The first-order valence-electron chi connectivity index (χ1n) is 8.64. The van der Waals surface area contributed by atoms with Gasteiger partial charge in [0.2, 0.25) is 10.0 Å². The van der Waals surface area contributed by atoms with Crippen LogP contribution in [0.4, 0.5) is 0 Å². The van der Waals surface area contributed by atoms with Crippen LogP contribution in [0, 0.1) is 0 Å². The second-order valence-corrected chi connectivity index (χ2v) is 9.18. The number of nitrogens with zero attached hydrogens (tertiary/aromatic N) is 2. The number of carbonyl (C=O) groups is 1. The molecule has 0 aliphatic carbocycles. The summed E-state index contributed by atoms with van der Waals surface area (Å²) < 4.78 is 26.9. The molecule has 1 N–H and O–H groups in total. The minimum absolute atomic E-state index is 0.158. The highest BCUT2D eigenvalue weighted by Crippen LogP contribution is 2.27. The van der Waals surface area contributed by atoms with E-state index in [9.17, 15) is 13.2 Å². The summed E-state index contributed by atoms with van der Waals surface area (Å²) in [6.45, 7) is 5.85. The van der Waals surface area contributed by atoms with Crippen molar-refractivity contribution in [1.82, 2.24) is 14.5 Å². The number of likely N-dealkylation sites (tertiary alicyclic amines) is 1. The molecule has 3 rings (SSSR count). The van der Waals surface area contributed by atoms with Crippen LogP contribution in [0.2, 0.25) is 0 Å². The molecule has 1 unspecified atom stereocenters. The fourth-order valence-corrected chi connectivity index (χ4v) is 6.40. The van der Waals surface area contributed by atoms with Gasteiger partial charge in [0.1, 0.15) is 9.77 Å². The molecule has 0 spiro atoms. The Bertz CT molecular complexity index is 680. The lowest BCUT2D eigenvalue weighted by Crippen LogP contribution is -2.40. The summed E-state index contributed by atoms with van der Waals surface area (Å²) in [6.07, 6.45) is 4.01. The first-order chi connectivity index (χ1) is 11.5. The Morgan fingerprint density at radius 2 is 2.04 bits per heavy atom. The molecule has 2 aliphatic heterocycles. The van der Waals surface area contributed by atoms with Crippen LogP contribution in [0.15, 0.2) is 16.3 Å². The van der Waals surface area contributed by atoms with E-state index in [0.717, 1.165) is 38.8 Å². The van der Waals surface area contributed by atoms with E-state index in [1.165, 1.54) is 15.6 Å². The summed E-state index contributed by atoms with van der Waals surface area (Å²) in [5, 5.41) is 4.63. The van der Waals surface area contributed by atoms with Gasteiger partial charge in [-0.25, -0.2) is 8.42 Å². The highest BCUT2D eigenvalue weighted by Gasteiger charge is 2.32. The molecule has 2 fully saturated rings. The van der Waals surface area contributed by atoms with E-state index in [4.69, 9.17) is 0 Å². The minimum Gasteiger partial charge on any atom is -0.350 e. The second-order valence-electron chi connectivity index (χ2n) is 6.36. The molecule has 1 amide bonds. The summed E-state index contributed by atoms with van der Waals surface area (Å²) in [7, 11) is -3.55. The van der Waals surface area contributed by atoms with Crippen LogP contribution >= 0.6 is 11.3 Å². The monoisotopic (exact) mass is 371 g/mol. The van der Waals surface area contributed by atoms with Gasteiger partial charge in [-0.2, -0.15) is 4.31 Å². The Labute approximate surface area is 147 Å². The molecule has 1 aromatic rings. The van der Waals surface area contributed by atoms with E-state index >= 15 is 0 Å². The molecule has 3 heterocycles. The van der Waals surface area contributed by atoms with E-state index in [2.05, 4.69) is 17.1 Å². The number of thiophene rings is 1. The zero-order chi connectivity index (χ0) is 17.2. The normalized spacial score (nSPS) is 23.0. The Kier molecular flexibility index (Phi) is 5.59. The number of likely N-dealkylation sites (N-methyl/N-ethyl adjacent to an activating group) is 1. The third kappa shape index (κ3) is 3.51. The zero-order valence-corrected chi connectivity index (χ0v) is 15.7. The van der Waals surface area contributed by atoms with Crippen molar-refractivity contribution >= 4 is 27.3 Å². The maximum absolute atomic E-state index is 12.7. The summed E-state index contributed by atoms with van der Waals surface area (Å²) >= 11 is 1.20. The third-order valence-electron chi connectivity index (χ3n) is 4.92. The van der Waals surface area contributed by atoms with E-state index < -0.39 is 10.0 Å². The highest BCUT2D eigenvalue weighted by atomic mass is 32.2. The summed E-state index contributed by atoms with van der Waals surface area (Å²) in [4.78, 5) is 15.4. The predicted octanol–water partition coefficient (Wildman–Crippen LogP) is 1.75. The molecule has 0 bridgehead atoms. The third-order valence-corrected chi connectivity index (χ3v) is 7.91. The SMILES string of the molecule is CCN1CCCC1CNC(=O)c1sccc1S(=O)(=O)N1CCCC1. The molecule has 0 saturated carbocycles. The Hall–Kier alpha value is -0.960. The van der Waals surface area contributed by atoms with Crippen LogP contribution in [0.3, 0.4) is 0 Å². The second kappa shape index (κ2) is 7.51. The van der Waals surface area contributed by atoms with Crippen molar-refractivity contribution in [2.45, 2.75) is 43.5 Å². The topological polar surface area (TPSA) is 69.7 Å². The fourth-order valence-electron chi connectivity index (χ4n) is 3.57. The van der Waals surface area contributed by atoms with Gasteiger partial charge >= 0.3 is 0 Å². The Balaban J connectivity index is 1.69. The van der Waals surface area contributed by atoms with Crippen molar-refractivity contribution < 1.29 is 13.2 Å². The molecule has 0 radical (unpaired) electrons. The van der Waals surface area contributed by atoms with Gasteiger partial charge < -0.3 is 5.32 Å². The highest BCUT2D eigenvalue weighted by molar-refractivity contribution is 7.89. The molecule has 134 valence electrons. The Morgan fingerprint density at radius 3 is 2.75 bits per heavy atom. The number of hydrogen-bond donors (Lipinski definition) is 1. The minimum atomic E-state index is -3.55. The molecule has 2 aliphatic rings. The largest absolute Gasteiger partial charge is 0.350 e. The number of amides is 1. The number of carbonyl (C=O) groups excluding carboxylic acids is 1. The van der Waals surface area contributed by atoms with Crippen molar-refractivity contribution in [3.63, 3.8) is 0 Å². The first-order valence-corrected chi connectivity index (χ1v) is 11.0. The van der Waals surface area contributed by atoms with E-state index in [1.54, 1.807) is 11.4 Å². The lowest BCUT2D eigenvalue weighted by atomic mass is 10.2. The zero-order valence-electron chi connectivity index (χ0n) is 14.0. The van der Waals surface area contributed by atoms with Gasteiger partial charge in [-0.15, -0.1) is 11.3 Å². The Morgan fingerprint density at radius 1 is 1.29 bits per heavy atom. The first kappa shape index (κ1) is 17.8. The van der Waals surface area contributed by atoms with Crippen LogP contribution in [0.1, 0.15) is 42.3 Å². The van der Waals surface area contributed by atoms with Gasteiger partial charge in [-0.1, -0.05) is 6.92 Å². The molecule has 24 heavy (non-hydrogen) atoms. The lowest BCUT2D eigenvalue weighted by molar-refractivity contribution is 0.0942. The van der Waals surface area contributed by atoms with Crippen molar-refractivity contribution in [1.29, 1.82) is 0 Å². The fraction of sp³-hybridized carbons (Fsp3) is 0.688. The van der Waals surface area contributed by atoms with Crippen molar-refractivity contribution in [3.05, 3.63) is 16.3 Å². The van der Waals surface area contributed by atoms with Gasteiger partial charge in [0.15, 0.2) is 0 Å². The van der Waals surface area contributed by atoms with Gasteiger partial charge in [0, 0.05) is 25.7 Å². The van der Waals surface area contributed by atoms with Crippen molar-refractivity contribution in [2.75, 3.05) is 32.7 Å². The summed E-state index contributed by atoms with van der Waals surface area (Å²) in [5.41, 5.74) is 0. The summed E-state index contributed by atoms with van der Waals surface area (Å²) in [5.74, 6) is -0.272. The van der Waals surface area contributed by atoms with Crippen molar-refractivity contribution in [2.24, 2.45) is 0 Å². The van der Waals surface area contributed by atoms with Crippen molar-refractivity contribution in [3.8, 4) is 0 Å². The number of sulfonamides is 1. The van der Waals surface area contributed by atoms with Crippen LogP contribution in [0.25, 0.3) is 0 Å². The average Bonchev–Trinajstić information content (AvgIpc) is 3.33. The smallest absolute Gasteiger partial charge is 0.262 e. The van der Waals surface area contributed by atoms with E-state index in [-0.39, 0.29) is 10.8 Å². The van der Waals surface area contributed by atoms with Crippen LogP contribution in [0.5, 0.6) is 0 Å². The lowest BCUT2D eigenvalue weighted by Gasteiger charge is -2.23. The standard InChI is InChI=1S/C16H25N3O3S2/c1-2-18-8-5-6-13(18)12-17-16(20)15-14(7-11-23-15)24(21,22)19-9-3-4-10-19/h7,11,13H,2-6,8-10,12H2,1H3,(H,17,20). The molecule has 8 heteroatoms. The number of hydrogen-bond acceptors (Lipinski definition) is 5. The maximum atomic E-state index is 12.7. The molecule has 0 aromatic carbocycles. The average molecular weight is 372 g/mol. The molecule has 2 saturated heterocycles. The maximum Gasteiger partial charge on any atom is 0.262 e. The van der Waals surface area contributed by atoms with Gasteiger partial charge in [0.05, 0.1) is 0 Å². The number of nitrogens with one attached hydrogen (secondary N) is 1. The van der Waals surface area contributed by atoms with E-state index in [1.807, 2.05) is 0 Å². The molecule has 1 aromatic heterocycles. The molecular weight excluding hydrogens is 346 g/mol. The van der Waals surface area contributed by atoms with Gasteiger partial charge in [-0.3, -0.25) is 9.69 Å².